The highest BCUT2D eigenvalue weighted by atomic mass is 16.7. The third kappa shape index (κ3) is 2.67. The highest BCUT2D eigenvalue weighted by Crippen LogP contribution is 2.13. The van der Waals surface area contributed by atoms with Gasteiger partial charge in [0.2, 0.25) is 0 Å². The third-order valence-electron chi connectivity index (χ3n) is 2.29. The van der Waals surface area contributed by atoms with Gasteiger partial charge in [-0.2, -0.15) is 0 Å². The molecule has 15 heavy (non-hydrogen) atoms. The maximum Gasteiger partial charge on any atom is 0.186 e. The molecule has 0 aliphatic heterocycles. The van der Waals surface area contributed by atoms with Gasteiger partial charge in [-0.3, -0.25) is 15.1 Å². The van der Waals surface area contributed by atoms with Crippen LogP contribution in [-0.4, -0.2) is 11.9 Å². The maximum absolute atomic E-state index is 11.4. The fourth-order valence-electron chi connectivity index (χ4n) is 1.46. The predicted octanol–water partition coefficient (Wildman–Crippen LogP) is 2.32. The van der Waals surface area contributed by atoms with E-state index in [0.29, 0.717) is 0 Å². The van der Waals surface area contributed by atoms with Gasteiger partial charge in [0.15, 0.2) is 5.78 Å². The quantitative estimate of drug-likeness (QED) is 0.766. The highest BCUT2D eigenvalue weighted by Gasteiger charge is 2.19. The molecule has 3 nitrogen and oxygen atoms in total. The summed E-state index contributed by atoms with van der Waals surface area (Å²) in [6, 6.07) is 9.54. The second-order valence-electron chi connectivity index (χ2n) is 3.46. The molecule has 0 spiro atoms. The second-order valence-corrected chi connectivity index (χ2v) is 3.46. The average Bonchev–Trinajstić information content (AvgIpc) is 2.29. The van der Waals surface area contributed by atoms with Crippen LogP contribution >= 0.6 is 0 Å². The lowest BCUT2D eigenvalue weighted by Gasteiger charge is -2.17. The summed E-state index contributed by atoms with van der Waals surface area (Å²) < 4.78 is 0. The van der Waals surface area contributed by atoms with Crippen molar-refractivity contribution >= 4 is 11.5 Å². The van der Waals surface area contributed by atoms with Crippen LogP contribution in [0.4, 0.5) is 5.69 Å². The summed E-state index contributed by atoms with van der Waals surface area (Å²) in [7, 11) is 0. The van der Waals surface area contributed by atoms with Crippen molar-refractivity contribution in [3.63, 3.8) is 0 Å². The van der Waals surface area contributed by atoms with Gasteiger partial charge in [0, 0.05) is 0 Å². The number of hydrogen-bond acceptors (Lipinski definition) is 3. The highest BCUT2D eigenvalue weighted by molar-refractivity contribution is 5.94. The molecule has 78 valence electrons. The van der Waals surface area contributed by atoms with E-state index in [0.717, 1.165) is 18.5 Å². The summed E-state index contributed by atoms with van der Waals surface area (Å²) in [5.41, 5.74) is 3.65. The number of carbonyl (C=O) groups is 1. The smallest absolute Gasteiger partial charge is 0.186 e. The van der Waals surface area contributed by atoms with Crippen molar-refractivity contribution in [1.29, 1.82) is 0 Å². The van der Waals surface area contributed by atoms with Crippen LogP contribution in [-0.2, 0) is 9.63 Å². The van der Waals surface area contributed by atoms with Crippen molar-refractivity contribution in [3.05, 3.63) is 42.5 Å². The first-order chi connectivity index (χ1) is 7.36. The van der Waals surface area contributed by atoms with E-state index >= 15 is 0 Å². The number of ketones is 1. The Labute approximate surface area is 88.7 Å². The summed E-state index contributed by atoms with van der Waals surface area (Å²) in [5.74, 6) is 0.0321. The van der Waals surface area contributed by atoms with E-state index in [4.69, 9.17) is 4.84 Å². The molecule has 2 rings (SSSR count). The molecular formula is C12H13NO2. The number of anilines is 1. The monoisotopic (exact) mass is 203 g/mol. The molecule has 1 aliphatic rings. The van der Waals surface area contributed by atoms with Gasteiger partial charge in [0.25, 0.3) is 0 Å². The van der Waals surface area contributed by atoms with Crippen LogP contribution in [0.2, 0.25) is 0 Å². The minimum Gasteiger partial charge on any atom is -0.292 e. The van der Waals surface area contributed by atoms with Crippen LogP contribution in [0.25, 0.3) is 0 Å². The molecule has 1 aromatic rings. The Morgan fingerprint density at radius 1 is 1.27 bits per heavy atom. The van der Waals surface area contributed by atoms with Crippen LogP contribution < -0.4 is 5.48 Å². The fraction of sp³-hybridized carbons (Fsp3) is 0.250. The maximum atomic E-state index is 11.4. The largest absolute Gasteiger partial charge is 0.292 e. The zero-order valence-corrected chi connectivity index (χ0v) is 8.35. The van der Waals surface area contributed by atoms with Gasteiger partial charge >= 0.3 is 0 Å². The molecule has 0 saturated carbocycles. The van der Waals surface area contributed by atoms with E-state index in [1.165, 1.54) is 0 Å². The first-order valence-corrected chi connectivity index (χ1v) is 5.03. The molecule has 0 amide bonds. The Morgan fingerprint density at radius 2 is 2.07 bits per heavy atom. The SMILES string of the molecule is O=C1C=CCC[C@H]1ONc1ccccc1. The van der Waals surface area contributed by atoms with Crippen molar-refractivity contribution in [3.8, 4) is 0 Å². The van der Waals surface area contributed by atoms with E-state index in [9.17, 15) is 4.79 Å². The number of nitrogens with one attached hydrogen (secondary N) is 1. The third-order valence-corrected chi connectivity index (χ3v) is 2.29. The zero-order valence-electron chi connectivity index (χ0n) is 8.35. The van der Waals surface area contributed by atoms with Crippen LogP contribution in [0, 0.1) is 0 Å². The molecule has 0 aromatic heterocycles. The van der Waals surface area contributed by atoms with Gasteiger partial charge in [-0.05, 0) is 31.1 Å². The lowest BCUT2D eigenvalue weighted by Crippen LogP contribution is -2.27. The number of hydrogen-bond donors (Lipinski definition) is 1. The van der Waals surface area contributed by atoms with Gasteiger partial charge in [-0.1, -0.05) is 24.3 Å². The lowest BCUT2D eigenvalue weighted by molar-refractivity contribution is -0.124. The van der Waals surface area contributed by atoms with Crippen molar-refractivity contribution in [2.75, 3.05) is 5.48 Å². The Hall–Kier alpha value is -1.61. The molecule has 0 bridgehead atoms. The summed E-state index contributed by atoms with van der Waals surface area (Å²) in [4.78, 5) is 16.7. The summed E-state index contributed by atoms with van der Waals surface area (Å²) in [5, 5.41) is 0. The van der Waals surface area contributed by atoms with E-state index < -0.39 is 0 Å². The van der Waals surface area contributed by atoms with Crippen molar-refractivity contribution < 1.29 is 9.63 Å². The molecule has 1 atom stereocenters. The van der Waals surface area contributed by atoms with Gasteiger partial charge in [-0.25, -0.2) is 0 Å². The number of carbonyl (C=O) groups excluding carboxylic acids is 1. The molecular weight excluding hydrogens is 190 g/mol. The summed E-state index contributed by atoms with van der Waals surface area (Å²) >= 11 is 0. The minimum absolute atomic E-state index is 0.0321. The molecule has 3 heteroatoms. The van der Waals surface area contributed by atoms with Crippen LogP contribution in [0.5, 0.6) is 0 Å². The van der Waals surface area contributed by atoms with Crippen LogP contribution in [0.3, 0.4) is 0 Å². The van der Waals surface area contributed by atoms with E-state index in [2.05, 4.69) is 5.48 Å². The molecule has 1 N–H and O–H groups in total. The van der Waals surface area contributed by atoms with Gasteiger partial charge in [0.1, 0.15) is 6.10 Å². The summed E-state index contributed by atoms with van der Waals surface area (Å²) in [6.45, 7) is 0. The predicted molar refractivity (Wildman–Crippen MR) is 58.3 cm³/mol. The number of para-hydroxylation sites is 1. The summed E-state index contributed by atoms with van der Waals surface area (Å²) in [6.07, 6.45) is 4.75. The Balaban J connectivity index is 1.88. The van der Waals surface area contributed by atoms with Gasteiger partial charge in [-0.15, -0.1) is 0 Å². The molecule has 1 aliphatic carbocycles. The molecule has 0 radical (unpaired) electrons. The molecule has 1 aromatic carbocycles. The van der Waals surface area contributed by atoms with Crippen LogP contribution in [0.1, 0.15) is 12.8 Å². The van der Waals surface area contributed by atoms with E-state index in [-0.39, 0.29) is 11.9 Å². The molecule has 0 heterocycles. The topological polar surface area (TPSA) is 38.3 Å². The lowest BCUT2D eigenvalue weighted by atomic mass is 10.0. The van der Waals surface area contributed by atoms with Crippen molar-refractivity contribution in [1.82, 2.24) is 0 Å². The van der Waals surface area contributed by atoms with Crippen LogP contribution in [0.15, 0.2) is 42.5 Å². The van der Waals surface area contributed by atoms with Gasteiger partial charge < -0.3 is 0 Å². The van der Waals surface area contributed by atoms with Gasteiger partial charge in [0.05, 0.1) is 5.69 Å². The molecule has 0 unspecified atom stereocenters. The Kier molecular flexibility index (Phi) is 3.15. The minimum atomic E-state index is -0.352. The van der Waals surface area contributed by atoms with Crippen molar-refractivity contribution in [2.45, 2.75) is 18.9 Å². The standard InChI is InChI=1S/C12H13NO2/c14-11-8-4-5-9-12(11)15-13-10-6-2-1-3-7-10/h1-4,6-8,12-13H,5,9H2/t12-/m1/s1. The van der Waals surface area contributed by atoms with E-state index in [1.807, 2.05) is 36.4 Å². The molecule has 0 fully saturated rings. The average molecular weight is 203 g/mol. The first-order valence-electron chi connectivity index (χ1n) is 5.03. The number of allylic oxidation sites excluding steroid dienone is 1. The second kappa shape index (κ2) is 4.75. The molecule has 0 saturated heterocycles. The first kappa shape index (κ1) is 9.93. The van der Waals surface area contributed by atoms with E-state index in [1.54, 1.807) is 6.08 Å². The fourth-order valence-corrected chi connectivity index (χ4v) is 1.46. The Bertz CT molecular complexity index is 359. The zero-order chi connectivity index (χ0) is 10.5. The Morgan fingerprint density at radius 3 is 2.80 bits per heavy atom. The van der Waals surface area contributed by atoms with Crippen molar-refractivity contribution in [2.24, 2.45) is 0 Å². The number of benzene rings is 1. The normalized spacial score (nSPS) is 20.3. The number of rotatable bonds is 3.